The van der Waals surface area contributed by atoms with Gasteiger partial charge in [0.25, 0.3) is 5.69 Å². The highest BCUT2D eigenvalue weighted by molar-refractivity contribution is 6.03. The van der Waals surface area contributed by atoms with Crippen LogP contribution in [0.25, 0.3) is 28.2 Å². The first-order valence-corrected chi connectivity index (χ1v) is 8.77. The summed E-state index contributed by atoms with van der Waals surface area (Å²) in [6, 6.07) is 12.8. The molecule has 3 rings (SSSR count). The molecule has 144 valence electrons. The number of ether oxygens (including phenoxy) is 2. The lowest BCUT2D eigenvalue weighted by molar-refractivity contribution is -0.383. The third kappa shape index (κ3) is 3.94. The van der Waals surface area contributed by atoms with Crippen molar-refractivity contribution >= 4 is 28.6 Å². The molecule has 0 spiro atoms. The van der Waals surface area contributed by atoms with Crippen molar-refractivity contribution in [2.75, 3.05) is 13.7 Å². The summed E-state index contributed by atoms with van der Waals surface area (Å²) in [6.07, 6.45) is 2.91. The quantitative estimate of drug-likeness (QED) is 0.282. The fourth-order valence-corrected chi connectivity index (χ4v) is 3.03. The van der Waals surface area contributed by atoms with E-state index in [9.17, 15) is 14.9 Å². The van der Waals surface area contributed by atoms with E-state index in [-0.39, 0.29) is 12.3 Å². The zero-order chi connectivity index (χ0) is 20.1. The van der Waals surface area contributed by atoms with Crippen molar-refractivity contribution in [3.63, 3.8) is 0 Å². The van der Waals surface area contributed by atoms with E-state index < -0.39 is 10.9 Å². The Morgan fingerprint density at radius 3 is 2.64 bits per heavy atom. The molecule has 0 aliphatic heterocycles. The molecule has 7 heteroatoms. The third-order valence-electron chi connectivity index (χ3n) is 4.31. The molecule has 0 aliphatic rings. The SMILES string of the molecule is CCOCc1cc([N+](=O)[O-])c2[nH]c(-c3ccccc3)c(/C=C/C(=O)OC)c2c1. The summed E-state index contributed by atoms with van der Waals surface area (Å²) in [6.45, 7) is 2.63. The molecule has 2 aromatic carbocycles. The van der Waals surface area contributed by atoms with Gasteiger partial charge in [-0.25, -0.2) is 4.79 Å². The zero-order valence-electron chi connectivity index (χ0n) is 15.6. The number of nitrogens with one attached hydrogen (secondary N) is 1. The van der Waals surface area contributed by atoms with Crippen LogP contribution in [0.2, 0.25) is 0 Å². The molecule has 0 amide bonds. The van der Waals surface area contributed by atoms with E-state index in [0.717, 1.165) is 5.56 Å². The summed E-state index contributed by atoms with van der Waals surface area (Å²) < 4.78 is 10.1. The van der Waals surface area contributed by atoms with Crippen molar-refractivity contribution < 1.29 is 19.2 Å². The highest BCUT2D eigenvalue weighted by Gasteiger charge is 2.21. The van der Waals surface area contributed by atoms with E-state index in [2.05, 4.69) is 9.72 Å². The van der Waals surface area contributed by atoms with Gasteiger partial charge in [-0.05, 0) is 30.2 Å². The van der Waals surface area contributed by atoms with Crippen molar-refractivity contribution in [1.29, 1.82) is 0 Å². The number of nitro benzene ring substituents is 1. The minimum atomic E-state index is -0.506. The second-order valence-electron chi connectivity index (χ2n) is 6.07. The van der Waals surface area contributed by atoms with Gasteiger partial charge < -0.3 is 14.5 Å². The molecule has 28 heavy (non-hydrogen) atoms. The number of carbonyl (C=O) groups is 1. The molecule has 0 saturated carbocycles. The van der Waals surface area contributed by atoms with Gasteiger partial charge in [-0.15, -0.1) is 0 Å². The summed E-state index contributed by atoms with van der Waals surface area (Å²) in [5.74, 6) is -0.506. The van der Waals surface area contributed by atoms with E-state index in [4.69, 9.17) is 4.74 Å². The van der Waals surface area contributed by atoms with Crippen LogP contribution in [0.4, 0.5) is 5.69 Å². The van der Waals surface area contributed by atoms with Crippen LogP contribution in [-0.2, 0) is 20.9 Å². The Labute approximate surface area is 161 Å². The molecular weight excluding hydrogens is 360 g/mol. The molecule has 0 saturated heterocycles. The van der Waals surface area contributed by atoms with Crippen molar-refractivity contribution in [2.45, 2.75) is 13.5 Å². The van der Waals surface area contributed by atoms with Crippen molar-refractivity contribution in [1.82, 2.24) is 4.98 Å². The molecule has 3 aromatic rings. The predicted molar refractivity (Wildman–Crippen MR) is 107 cm³/mol. The van der Waals surface area contributed by atoms with Crippen LogP contribution in [0.3, 0.4) is 0 Å². The van der Waals surface area contributed by atoms with Crippen LogP contribution in [-0.4, -0.2) is 29.6 Å². The second kappa shape index (κ2) is 8.49. The van der Waals surface area contributed by atoms with Gasteiger partial charge in [0.15, 0.2) is 0 Å². The number of methoxy groups -OCH3 is 1. The first kappa shape index (κ1) is 19.3. The lowest BCUT2D eigenvalue weighted by Crippen LogP contribution is -1.96. The van der Waals surface area contributed by atoms with Gasteiger partial charge in [0, 0.05) is 29.7 Å². The molecule has 0 aliphatic carbocycles. The number of nitrogens with zero attached hydrogens (tertiary/aromatic N) is 1. The van der Waals surface area contributed by atoms with Gasteiger partial charge >= 0.3 is 5.97 Å². The van der Waals surface area contributed by atoms with E-state index >= 15 is 0 Å². The van der Waals surface area contributed by atoms with Crippen LogP contribution >= 0.6 is 0 Å². The number of H-pyrrole nitrogens is 1. The molecule has 0 unspecified atom stereocenters. The van der Waals surface area contributed by atoms with Crippen molar-refractivity contribution in [2.24, 2.45) is 0 Å². The van der Waals surface area contributed by atoms with E-state index in [1.165, 1.54) is 19.3 Å². The number of hydrogen-bond acceptors (Lipinski definition) is 5. The average Bonchev–Trinajstić information content (AvgIpc) is 3.08. The lowest BCUT2D eigenvalue weighted by Gasteiger charge is -2.04. The predicted octanol–water partition coefficient (Wildman–Crippen LogP) is 4.47. The Morgan fingerprint density at radius 1 is 1.25 bits per heavy atom. The number of fused-ring (bicyclic) bond motifs is 1. The van der Waals surface area contributed by atoms with Crippen LogP contribution in [0.15, 0.2) is 48.5 Å². The second-order valence-corrected chi connectivity index (χ2v) is 6.07. The molecular formula is C21H20N2O5. The van der Waals surface area contributed by atoms with Crippen molar-refractivity contribution in [3.8, 4) is 11.3 Å². The van der Waals surface area contributed by atoms with E-state index in [0.29, 0.717) is 34.3 Å². The molecule has 7 nitrogen and oxygen atoms in total. The monoisotopic (exact) mass is 380 g/mol. The maximum Gasteiger partial charge on any atom is 0.330 e. The fraction of sp³-hybridized carbons (Fsp3) is 0.190. The Balaban J connectivity index is 2.29. The number of aromatic amines is 1. The maximum atomic E-state index is 11.7. The van der Waals surface area contributed by atoms with Gasteiger partial charge in [0.1, 0.15) is 5.52 Å². The third-order valence-corrected chi connectivity index (χ3v) is 4.31. The smallest absolute Gasteiger partial charge is 0.330 e. The van der Waals surface area contributed by atoms with Gasteiger partial charge in [-0.3, -0.25) is 10.1 Å². The number of carbonyl (C=O) groups excluding carboxylic acids is 1. The Morgan fingerprint density at radius 2 is 2.00 bits per heavy atom. The summed E-state index contributed by atoms with van der Waals surface area (Å²) in [5.41, 5.74) is 3.26. The summed E-state index contributed by atoms with van der Waals surface area (Å²) in [5, 5.41) is 12.3. The number of rotatable bonds is 7. The van der Waals surface area contributed by atoms with E-state index in [1.54, 1.807) is 6.08 Å². The molecule has 1 heterocycles. The number of esters is 1. The molecule has 0 bridgehead atoms. The molecule has 0 fully saturated rings. The van der Waals surface area contributed by atoms with Crippen LogP contribution < -0.4 is 0 Å². The highest BCUT2D eigenvalue weighted by atomic mass is 16.6. The topological polar surface area (TPSA) is 94.5 Å². The lowest BCUT2D eigenvalue weighted by atomic mass is 10.0. The summed E-state index contributed by atoms with van der Waals surface area (Å²) in [7, 11) is 1.30. The fourth-order valence-electron chi connectivity index (χ4n) is 3.03. The van der Waals surface area contributed by atoms with Gasteiger partial charge in [0.05, 0.1) is 24.3 Å². The number of hydrogen-bond donors (Lipinski definition) is 1. The Kier molecular flexibility index (Phi) is 5.86. The summed E-state index contributed by atoms with van der Waals surface area (Å²) in [4.78, 5) is 26.0. The zero-order valence-corrected chi connectivity index (χ0v) is 15.6. The van der Waals surface area contributed by atoms with Gasteiger partial charge in [-0.1, -0.05) is 30.3 Å². The minimum absolute atomic E-state index is 0.0397. The maximum absolute atomic E-state index is 11.7. The summed E-state index contributed by atoms with van der Waals surface area (Å²) >= 11 is 0. The number of aromatic nitrogens is 1. The first-order chi connectivity index (χ1) is 13.5. The van der Waals surface area contributed by atoms with Gasteiger partial charge in [-0.2, -0.15) is 0 Å². The normalized spacial score (nSPS) is 11.2. The largest absolute Gasteiger partial charge is 0.466 e. The molecule has 1 N–H and O–H groups in total. The Hall–Kier alpha value is -3.45. The van der Waals surface area contributed by atoms with Gasteiger partial charge in [0.2, 0.25) is 0 Å². The first-order valence-electron chi connectivity index (χ1n) is 8.77. The van der Waals surface area contributed by atoms with Crippen LogP contribution in [0, 0.1) is 10.1 Å². The molecule has 0 atom stereocenters. The number of nitro groups is 1. The van der Waals surface area contributed by atoms with Crippen LogP contribution in [0.5, 0.6) is 0 Å². The highest BCUT2D eigenvalue weighted by Crippen LogP contribution is 2.36. The van der Waals surface area contributed by atoms with E-state index in [1.807, 2.05) is 43.3 Å². The minimum Gasteiger partial charge on any atom is -0.466 e. The standard InChI is InChI=1S/C21H20N2O5/c1-3-28-13-14-11-17-16(9-10-19(24)27-2)20(15-7-5-4-6-8-15)22-21(17)18(12-14)23(25)26/h4-12,22H,3,13H2,1-2H3/b10-9+. The average molecular weight is 380 g/mol. The number of non-ortho nitro benzene ring substituents is 1. The van der Waals surface area contributed by atoms with Crippen LogP contribution in [0.1, 0.15) is 18.1 Å². The Bertz CT molecular complexity index is 1040. The molecule has 0 radical (unpaired) electrons. The van der Waals surface area contributed by atoms with Crippen molar-refractivity contribution in [3.05, 3.63) is 69.8 Å². The number of benzene rings is 2. The molecule has 1 aromatic heterocycles.